The molecule has 7 rings (SSSR count). The Labute approximate surface area is 212 Å². The molecular weight excluding hydrogens is 475 g/mol. The number of ether oxygens (including phenoxy) is 1. The predicted molar refractivity (Wildman–Crippen MR) is 133 cm³/mol. The zero-order chi connectivity index (χ0) is 25.5. The van der Waals surface area contributed by atoms with E-state index < -0.39 is 0 Å². The van der Waals surface area contributed by atoms with Crippen LogP contribution in [0, 0.1) is 23.1 Å². The van der Waals surface area contributed by atoms with Crippen LogP contribution >= 0.6 is 0 Å². The molecule has 3 atom stereocenters. The second-order valence-corrected chi connectivity index (χ2v) is 10.9. The highest BCUT2D eigenvalue weighted by Gasteiger charge is 2.72. The van der Waals surface area contributed by atoms with Crippen LogP contribution in [0.15, 0.2) is 43.0 Å². The van der Waals surface area contributed by atoms with Crippen molar-refractivity contribution in [1.29, 1.82) is 0 Å². The lowest BCUT2D eigenvalue weighted by Gasteiger charge is -2.24. The number of aromatic nitrogens is 4. The highest BCUT2D eigenvalue weighted by molar-refractivity contribution is 6.10. The van der Waals surface area contributed by atoms with E-state index in [0.29, 0.717) is 29.9 Å². The summed E-state index contributed by atoms with van der Waals surface area (Å²) >= 11 is 0. The minimum absolute atomic E-state index is 0.0132. The summed E-state index contributed by atoms with van der Waals surface area (Å²) in [6.07, 6.45) is 5.20. The predicted octanol–water partition coefficient (Wildman–Crippen LogP) is 2.62. The van der Waals surface area contributed by atoms with Crippen LogP contribution < -0.4 is 5.32 Å². The maximum Gasteiger partial charge on any atom is 0.233 e. The van der Waals surface area contributed by atoms with Crippen LogP contribution in [0.5, 0.6) is 0 Å². The number of carbonyl (C=O) groups is 2. The summed E-state index contributed by atoms with van der Waals surface area (Å²) in [4.78, 5) is 31.6. The van der Waals surface area contributed by atoms with Crippen molar-refractivity contribution < 1.29 is 18.7 Å². The van der Waals surface area contributed by atoms with Crippen molar-refractivity contribution in [1.82, 2.24) is 29.4 Å². The van der Waals surface area contributed by atoms with E-state index >= 15 is 0 Å². The summed E-state index contributed by atoms with van der Waals surface area (Å²) in [5.41, 5.74) is 3.30. The first kappa shape index (κ1) is 22.6. The number of imide groups is 1. The third-order valence-corrected chi connectivity index (χ3v) is 8.18. The SMILES string of the molecule is CC1(C)C2C(=O)N(Cc3cc4c(-c5cc(F)cc6ccn(CC7CNCCO7)c56)ncnn4c3)C(=O)C21. The van der Waals surface area contributed by atoms with Gasteiger partial charge >= 0.3 is 0 Å². The number of rotatable bonds is 5. The number of amides is 2. The number of hydrogen-bond acceptors (Lipinski definition) is 6. The van der Waals surface area contributed by atoms with Gasteiger partial charge < -0.3 is 14.6 Å². The van der Waals surface area contributed by atoms with Gasteiger partial charge in [0.15, 0.2) is 0 Å². The fourth-order valence-electron chi connectivity index (χ4n) is 6.22. The van der Waals surface area contributed by atoms with Crippen LogP contribution in [-0.4, -0.2) is 61.7 Å². The number of nitrogens with one attached hydrogen (secondary N) is 1. The molecule has 5 heterocycles. The van der Waals surface area contributed by atoms with Crippen molar-refractivity contribution in [2.75, 3.05) is 19.7 Å². The highest BCUT2D eigenvalue weighted by atomic mass is 19.1. The minimum Gasteiger partial charge on any atom is -0.374 e. The van der Waals surface area contributed by atoms with E-state index in [1.165, 1.54) is 23.4 Å². The van der Waals surface area contributed by atoms with Crippen LogP contribution in [0.4, 0.5) is 4.39 Å². The van der Waals surface area contributed by atoms with Crippen molar-refractivity contribution in [2.24, 2.45) is 17.3 Å². The number of piperidine rings is 1. The maximum absolute atomic E-state index is 14.7. The van der Waals surface area contributed by atoms with E-state index in [-0.39, 0.29) is 47.5 Å². The zero-order valence-electron chi connectivity index (χ0n) is 20.6. The van der Waals surface area contributed by atoms with Gasteiger partial charge in [-0.15, -0.1) is 0 Å². The van der Waals surface area contributed by atoms with Gasteiger partial charge in [-0.3, -0.25) is 14.5 Å². The lowest BCUT2D eigenvalue weighted by atomic mass is 10.1. The number of morpholine rings is 1. The Hall–Kier alpha value is -3.63. The van der Waals surface area contributed by atoms with E-state index in [2.05, 4.69) is 20.0 Å². The van der Waals surface area contributed by atoms with E-state index in [1.807, 2.05) is 32.2 Å². The first-order chi connectivity index (χ1) is 17.8. The number of hydrogen-bond donors (Lipinski definition) is 1. The molecule has 3 aliphatic rings. The molecule has 2 saturated heterocycles. The maximum atomic E-state index is 14.7. The third kappa shape index (κ3) is 3.42. The Morgan fingerprint density at radius 2 is 2.00 bits per heavy atom. The van der Waals surface area contributed by atoms with Crippen LogP contribution in [0.2, 0.25) is 0 Å². The summed E-state index contributed by atoms with van der Waals surface area (Å²) in [6.45, 7) is 7.00. The fraction of sp³-hybridized carbons (Fsp3) is 0.407. The van der Waals surface area contributed by atoms with Gasteiger partial charge in [-0.1, -0.05) is 13.8 Å². The zero-order valence-corrected chi connectivity index (χ0v) is 20.6. The summed E-state index contributed by atoms with van der Waals surface area (Å²) < 4.78 is 24.4. The van der Waals surface area contributed by atoms with Crippen molar-refractivity contribution in [3.05, 3.63) is 54.4 Å². The topological polar surface area (TPSA) is 93.8 Å². The molecule has 10 heteroatoms. The molecule has 3 unspecified atom stereocenters. The number of halogens is 1. The van der Waals surface area contributed by atoms with Crippen LogP contribution in [0.25, 0.3) is 27.7 Å². The van der Waals surface area contributed by atoms with Gasteiger partial charge in [0.2, 0.25) is 11.8 Å². The molecule has 0 bridgehead atoms. The fourth-order valence-corrected chi connectivity index (χ4v) is 6.22. The Balaban J connectivity index is 1.27. The van der Waals surface area contributed by atoms with Gasteiger partial charge in [0.05, 0.1) is 48.7 Å². The van der Waals surface area contributed by atoms with Gasteiger partial charge in [-0.2, -0.15) is 5.10 Å². The molecule has 3 fully saturated rings. The monoisotopic (exact) mass is 502 g/mol. The van der Waals surface area contributed by atoms with Gasteiger partial charge in [0.1, 0.15) is 17.8 Å². The molecule has 1 N–H and O–H groups in total. The number of benzene rings is 1. The first-order valence-electron chi connectivity index (χ1n) is 12.6. The molecule has 0 radical (unpaired) electrons. The Morgan fingerprint density at radius 1 is 1.19 bits per heavy atom. The second-order valence-electron chi connectivity index (χ2n) is 10.9. The number of likely N-dealkylation sites (tertiary alicyclic amines) is 1. The molecule has 37 heavy (non-hydrogen) atoms. The van der Waals surface area contributed by atoms with Gasteiger partial charge in [-0.25, -0.2) is 13.9 Å². The minimum atomic E-state index is -0.352. The second kappa shape index (κ2) is 7.93. The first-order valence-corrected chi connectivity index (χ1v) is 12.6. The summed E-state index contributed by atoms with van der Waals surface area (Å²) in [6, 6.07) is 6.80. The summed E-state index contributed by atoms with van der Waals surface area (Å²) in [5.74, 6) is -1.00. The van der Waals surface area contributed by atoms with Gasteiger partial charge in [0, 0.05) is 36.4 Å². The molecule has 0 spiro atoms. The van der Waals surface area contributed by atoms with Crippen molar-refractivity contribution in [2.45, 2.75) is 33.0 Å². The van der Waals surface area contributed by atoms with Crippen LogP contribution in [0.3, 0.4) is 0 Å². The number of fused-ring (bicyclic) bond motifs is 3. The van der Waals surface area contributed by atoms with Crippen molar-refractivity contribution >= 4 is 28.2 Å². The molecular formula is C27H27FN6O3. The molecule has 2 amide bonds. The third-order valence-electron chi connectivity index (χ3n) is 8.18. The molecule has 1 aromatic carbocycles. The molecule has 1 saturated carbocycles. The van der Waals surface area contributed by atoms with Crippen LogP contribution in [-0.2, 0) is 27.4 Å². The summed E-state index contributed by atoms with van der Waals surface area (Å²) in [7, 11) is 0. The largest absolute Gasteiger partial charge is 0.374 e. The number of carbonyl (C=O) groups excluding carboxylic acids is 2. The summed E-state index contributed by atoms with van der Waals surface area (Å²) in [5, 5.41) is 8.47. The highest BCUT2D eigenvalue weighted by Crippen LogP contribution is 2.63. The van der Waals surface area contributed by atoms with E-state index in [4.69, 9.17) is 4.74 Å². The van der Waals surface area contributed by atoms with Gasteiger partial charge in [-0.05, 0) is 35.2 Å². The normalized spacial score (nSPS) is 24.8. The van der Waals surface area contributed by atoms with E-state index in [0.717, 1.165) is 29.6 Å². The Kier molecular flexibility index (Phi) is 4.84. The molecule has 190 valence electrons. The average Bonchev–Trinajstić information content (AvgIpc) is 3.23. The Morgan fingerprint density at radius 3 is 2.76 bits per heavy atom. The lowest BCUT2D eigenvalue weighted by molar-refractivity contribution is -0.143. The molecule has 2 aliphatic heterocycles. The average molecular weight is 503 g/mol. The molecule has 3 aromatic heterocycles. The van der Waals surface area contributed by atoms with Gasteiger partial charge in [0.25, 0.3) is 0 Å². The smallest absolute Gasteiger partial charge is 0.233 e. The molecule has 1 aliphatic carbocycles. The lowest BCUT2D eigenvalue weighted by Crippen LogP contribution is -2.40. The van der Waals surface area contributed by atoms with Crippen molar-refractivity contribution in [3.8, 4) is 11.3 Å². The van der Waals surface area contributed by atoms with E-state index in [1.54, 1.807) is 10.7 Å². The van der Waals surface area contributed by atoms with E-state index in [9.17, 15) is 14.0 Å². The number of nitrogens with zero attached hydrogens (tertiary/aromatic N) is 5. The Bertz CT molecular complexity index is 1560. The van der Waals surface area contributed by atoms with Crippen molar-refractivity contribution in [3.63, 3.8) is 0 Å². The quantitative estimate of drug-likeness (QED) is 0.422. The molecule has 9 nitrogen and oxygen atoms in total. The standard InChI is InChI=1S/C27H27FN6O3/c1-27(2)21-22(27)26(36)33(25(21)35)11-15-7-20-23(30-14-31-34(20)12-15)19-9-17(28)8-16-3-5-32(24(16)19)13-18-10-29-4-6-37-18/h3,5,7-9,12,14,18,21-22,29H,4,6,10-11,13H2,1-2H3. The van der Waals surface area contributed by atoms with Crippen LogP contribution in [0.1, 0.15) is 19.4 Å². The molecule has 4 aromatic rings.